The van der Waals surface area contributed by atoms with Crippen LogP contribution in [0, 0.1) is 0 Å². The number of benzene rings is 2. The van der Waals surface area contributed by atoms with E-state index in [1.807, 2.05) is 48.5 Å². The highest BCUT2D eigenvalue weighted by Crippen LogP contribution is 2.21. The average Bonchev–Trinajstić information content (AvgIpc) is 2.54. The number of ether oxygens (including phenoxy) is 1. The number of hydrogen-bond donors (Lipinski definition) is 0. The van der Waals surface area contributed by atoms with Gasteiger partial charge in [0.25, 0.3) is 0 Å². The van der Waals surface area contributed by atoms with E-state index >= 15 is 0 Å². The number of carbonyl (C=O) groups is 1. The van der Waals surface area contributed by atoms with Gasteiger partial charge >= 0.3 is 5.97 Å². The summed E-state index contributed by atoms with van der Waals surface area (Å²) in [5.74, 6) is -0.334. The van der Waals surface area contributed by atoms with Crippen molar-refractivity contribution in [2.75, 3.05) is 7.11 Å². The Balaban J connectivity index is 2.07. The molecule has 0 bridgehead atoms. The predicted molar refractivity (Wildman–Crippen MR) is 78.5 cm³/mol. The lowest BCUT2D eigenvalue weighted by Gasteiger charge is -2.05. The molecule has 1 heterocycles. The summed E-state index contributed by atoms with van der Waals surface area (Å²) in [6, 6.07) is 19.3. The minimum absolute atomic E-state index is 0.334. The first-order chi connectivity index (χ1) is 9.78. The third kappa shape index (κ3) is 2.26. The molecule has 0 saturated heterocycles. The maximum absolute atomic E-state index is 11.5. The molecule has 0 unspecified atom stereocenters. The van der Waals surface area contributed by atoms with E-state index in [0.29, 0.717) is 5.56 Å². The van der Waals surface area contributed by atoms with Crippen LogP contribution in [0.4, 0.5) is 0 Å². The molecule has 0 saturated carbocycles. The largest absolute Gasteiger partial charge is 0.465 e. The van der Waals surface area contributed by atoms with Crippen molar-refractivity contribution in [3.8, 4) is 11.3 Å². The van der Waals surface area contributed by atoms with E-state index in [1.54, 1.807) is 12.1 Å². The van der Waals surface area contributed by atoms with E-state index in [-0.39, 0.29) is 5.97 Å². The van der Waals surface area contributed by atoms with Crippen molar-refractivity contribution in [2.24, 2.45) is 0 Å². The molecule has 3 rings (SSSR count). The molecular weight excluding hydrogens is 250 g/mol. The Morgan fingerprint density at radius 1 is 1.00 bits per heavy atom. The Bertz CT molecular complexity index is 766. The number of rotatable bonds is 2. The Morgan fingerprint density at radius 2 is 1.80 bits per heavy atom. The van der Waals surface area contributed by atoms with Crippen molar-refractivity contribution in [1.82, 2.24) is 4.98 Å². The van der Waals surface area contributed by atoms with Crippen LogP contribution in [0.25, 0.3) is 22.2 Å². The highest BCUT2D eigenvalue weighted by atomic mass is 16.5. The maximum Gasteiger partial charge on any atom is 0.337 e. The summed E-state index contributed by atoms with van der Waals surface area (Å²) in [4.78, 5) is 16.1. The molecule has 1 aromatic heterocycles. The van der Waals surface area contributed by atoms with Crippen molar-refractivity contribution < 1.29 is 9.53 Å². The summed E-state index contributed by atoms with van der Waals surface area (Å²) in [7, 11) is 1.38. The second-order valence-electron chi connectivity index (χ2n) is 4.46. The smallest absolute Gasteiger partial charge is 0.337 e. The fraction of sp³-hybridized carbons (Fsp3) is 0.0588. The van der Waals surface area contributed by atoms with Crippen molar-refractivity contribution >= 4 is 16.9 Å². The molecule has 2 aromatic carbocycles. The fourth-order valence-electron chi connectivity index (χ4n) is 2.14. The van der Waals surface area contributed by atoms with Crippen molar-refractivity contribution in [3.05, 3.63) is 66.2 Å². The molecule has 0 N–H and O–H groups in total. The zero-order chi connectivity index (χ0) is 13.9. The zero-order valence-electron chi connectivity index (χ0n) is 11.0. The summed E-state index contributed by atoms with van der Waals surface area (Å²) in [5.41, 5.74) is 3.39. The van der Waals surface area contributed by atoms with E-state index in [9.17, 15) is 4.79 Å². The van der Waals surface area contributed by atoms with Crippen LogP contribution >= 0.6 is 0 Å². The summed E-state index contributed by atoms with van der Waals surface area (Å²) in [5, 5.41) is 0.924. The third-order valence-electron chi connectivity index (χ3n) is 3.18. The van der Waals surface area contributed by atoms with Gasteiger partial charge < -0.3 is 4.74 Å². The van der Waals surface area contributed by atoms with Gasteiger partial charge in [-0.2, -0.15) is 0 Å². The van der Waals surface area contributed by atoms with Crippen LogP contribution in [0.1, 0.15) is 10.4 Å². The van der Waals surface area contributed by atoms with Crippen molar-refractivity contribution in [2.45, 2.75) is 0 Å². The van der Waals surface area contributed by atoms with E-state index in [0.717, 1.165) is 22.2 Å². The van der Waals surface area contributed by atoms with Gasteiger partial charge in [-0.15, -0.1) is 0 Å². The van der Waals surface area contributed by atoms with Gasteiger partial charge in [-0.05, 0) is 24.3 Å². The third-order valence-corrected chi connectivity index (χ3v) is 3.18. The number of methoxy groups -OCH3 is 1. The lowest BCUT2D eigenvalue weighted by Crippen LogP contribution is -2.00. The Morgan fingerprint density at radius 3 is 2.55 bits per heavy atom. The molecule has 3 heteroatoms. The monoisotopic (exact) mass is 263 g/mol. The maximum atomic E-state index is 11.5. The SMILES string of the molecule is COC(=O)c1ccc2nc(-c3ccccc3)ccc2c1. The van der Waals surface area contributed by atoms with Gasteiger partial charge in [-0.25, -0.2) is 9.78 Å². The normalized spacial score (nSPS) is 10.4. The second-order valence-corrected chi connectivity index (χ2v) is 4.46. The van der Waals surface area contributed by atoms with Gasteiger partial charge in [0.05, 0.1) is 23.9 Å². The Kier molecular flexibility index (Phi) is 3.17. The lowest BCUT2D eigenvalue weighted by atomic mass is 10.1. The van der Waals surface area contributed by atoms with Gasteiger partial charge in [0.1, 0.15) is 0 Å². The highest BCUT2D eigenvalue weighted by Gasteiger charge is 2.07. The molecule has 3 aromatic rings. The molecule has 0 amide bonds. The second kappa shape index (κ2) is 5.13. The van der Waals surface area contributed by atoms with E-state index in [2.05, 4.69) is 4.98 Å². The minimum Gasteiger partial charge on any atom is -0.465 e. The van der Waals surface area contributed by atoms with E-state index < -0.39 is 0 Å². The number of esters is 1. The topological polar surface area (TPSA) is 39.2 Å². The summed E-state index contributed by atoms with van der Waals surface area (Å²) in [6.07, 6.45) is 0. The highest BCUT2D eigenvalue weighted by molar-refractivity contribution is 5.94. The van der Waals surface area contributed by atoms with Gasteiger partial charge in [0.15, 0.2) is 0 Å². The van der Waals surface area contributed by atoms with E-state index in [1.165, 1.54) is 7.11 Å². The van der Waals surface area contributed by atoms with Crippen molar-refractivity contribution in [3.63, 3.8) is 0 Å². The van der Waals surface area contributed by atoms with Crippen molar-refractivity contribution in [1.29, 1.82) is 0 Å². The lowest BCUT2D eigenvalue weighted by molar-refractivity contribution is 0.0601. The summed E-state index contributed by atoms with van der Waals surface area (Å²) >= 11 is 0. The molecule has 0 aliphatic heterocycles. The quantitative estimate of drug-likeness (QED) is 0.662. The zero-order valence-corrected chi connectivity index (χ0v) is 11.0. The summed E-state index contributed by atoms with van der Waals surface area (Å²) in [6.45, 7) is 0. The van der Waals surface area contributed by atoms with Gasteiger partial charge in [-0.1, -0.05) is 36.4 Å². The number of hydrogen-bond acceptors (Lipinski definition) is 3. The molecular formula is C17H13NO2. The fourth-order valence-corrected chi connectivity index (χ4v) is 2.14. The number of aromatic nitrogens is 1. The van der Waals surface area contributed by atoms with Crippen LogP contribution in [-0.4, -0.2) is 18.1 Å². The Hall–Kier alpha value is -2.68. The number of fused-ring (bicyclic) bond motifs is 1. The van der Waals surface area contributed by atoms with Gasteiger partial charge in [0, 0.05) is 10.9 Å². The first-order valence-electron chi connectivity index (χ1n) is 6.32. The van der Waals surface area contributed by atoms with Crippen LogP contribution in [0.15, 0.2) is 60.7 Å². The van der Waals surface area contributed by atoms with Crippen LogP contribution in [0.2, 0.25) is 0 Å². The average molecular weight is 263 g/mol. The molecule has 0 aliphatic rings. The molecule has 20 heavy (non-hydrogen) atoms. The number of pyridine rings is 1. The number of carbonyl (C=O) groups excluding carboxylic acids is 1. The molecule has 0 aliphatic carbocycles. The van der Waals surface area contributed by atoms with Crippen LogP contribution in [0.3, 0.4) is 0 Å². The standard InChI is InChI=1S/C17H13NO2/c1-20-17(19)14-8-10-16-13(11-14)7-9-15(18-16)12-5-3-2-4-6-12/h2-11H,1H3. The van der Waals surface area contributed by atoms with Crippen LogP contribution in [0.5, 0.6) is 0 Å². The van der Waals surface area contributed by atoms with Gasteiger partial charge in [-0.3, -0.25) is 0 Å². The molecule has 0 fully saturated rings. The van der Waals surface area contributed by atoms with Crippen LogP contribution < -0.4 is 0 Å². The van der Waals surface area contributed by atoms with Gasteiger partial charge in [0.2, 0.25) is 0 Å². The van der Waals surface area contributed by atoms with E-state index in [4.69, 9.17) is 4.74 Å². The minimum atomic E-state index is -0.334. The molecule has 98 valence electrons. The molecule has 3 nitrogen and oxygen atoms in total. The Labute approximate surface area is 116 Å². The molecule has 0 atom stereocenters. The first kappa shape index (κ1) is 12.4. The molecule has 0 radical (unpaired) electrons. The number of nitrogens with zero attached hydrogens (tertiary/aromatic N) is 1. The summed E-state index contributed by atoms with van der Waals surface area (Å²) < 4.78 is 4.72. The predicted octanol–water partition coefficient (Wildman–Crippen LogP) is 3.69. The first-order valence-corrected chi connectivity index (χ1v) is 6.32. The molecule has 0 spiro atoms. The van der Waals surface area contributed by atoms with Crippen LogP contribution in [-0.2, 0) is 4.74 Å².